The van der Waals surface area contributed by atoms with Gasteiger partial charge >= 0.3 is 5.97 Å². The number of likely N-dealkylation sites (N-methyl/N-ethyl adjacent to an activating group) is 1. The molecule has 0 aromatic heterocycles. The summed E-state index contributed by atoms with van der Waals surface area (Å²) in [4.78, 5) is 23.8. The number of carboxylic acid groups (broad SMARTS) is 1. The van der Waals surface area contributed by atoms with E-state index in [0.29, 0.717) is 5.69 Å². The molecule has 1 aromatic rings. The second kappa shape index (κ2) is 6.81. The standard InChI is InChI=1S/C13H14ClNO5/c1-8(12(14)18)13(19)15(2)9-5-3-4-6-10(9)20-7-11(16)17/h3-6,18H,7H2,1-2H3,(H,16,17)/b12-8+. The number of carbonyl (C=O) groups excluding carboxylic acids is 1. The van der Waals surface area contributed by atoms with Crippen LogP contribution in [0.1, 0.15) is 6.92 Å². The van der Waals surface area contributed by atoms with E-state index < -0.39 is 23.7 Å². The highest BCUT2D eigenvalue weighted by Crippen LogP contribution is 2.28. The summed E-state index contributed by atoms with van der Waals surface area (Å²) < 4.78 is 5.11. The minimum absolute atomic E-state index is 0.0257. The smallest absolute Gasteiger partial charge is 0.341 e. The van der Waals surface area contributed by atoms with Gasteiger partial charge in [0, 0.05) is 7.05 Å². The topological polar surface area (TPSA) is 87.1 Å². The summed E-state index contributed by atoms with van der Waals surface area (Å²) in [6.45, 7) is 0.858. The van der Waals surface area contributed by atoms with Crippen molar-refractivity contribution in [2.24, 2.45) is 0 Å². The lowest BCUT2D eigenvalue weighted by molar-refractivity contribution is -0.139. The van der Waals surface area contributed by atoms with E-state index in [1.165, 1.54) is 18.9 Å². The Morgan fingerprint density at radius 3 is 2.45 bits per heavy atom. The first-order valence-corrected chi connectivity index (χ1v) is 5.99. The lowest BCUT2D eigenvalue weighted by Gasteiger charge is -2.20. The molecule has 0 saturated carbocycles. The van der Waals surface area contributed by atoms with Crippen molar-refractivity contribution in [2.75, 3.05) is 18.6 Å². The van der Waals surface area contributed by atoms with Gasteiger partial charge < -0.3 is 19.8 Å². The SMILES string of the molecule is C/C(C(=O)N(C)c1ccccc1OCC(=O)O)=C(\O)Cl. The average molecular weight is 300 g/mol. The minimum atomic E-state index is -1.12. The summed E-state index contributed by atoms with van der Waals surface area (Å²) in [7, 11) is 1.47. The highest BCUT2D eigenvalue weighted by molar-refractivity contribution is 6.30. The second-order valence-corrected chi connectivity index (χ2v) is 4.29. The number of ether oxygens (including phenoxy) is 1. The van der Waals surface area contributed by atoms with Crippen molar-refractivity contribution >= 4 is 29.2 Å². The first-order chi connectivity index (χ1) is 9.34. The van der Waals surface area contributed by atoms with Gasteiger partial charge in [-0.1, -0.05) is 12.1 Å². The van der Waals surface area contributed by atoms with Crippen molar-refractivity contribution in [3.05, 3.63) is 35.1 Å². The highest BCUT2D eigenvalue weighted by atomic mass is 35.5. The molecule has 0 atom stereocenters. The molecular weight excluding hydrogens is 286 g/mol. The summed E-state index contributed by atoms with van der Waals surface area (Å²) in [5, 5.41) is 17.1. The average Bonchev–Trinajstić information content (AvgIpc) is 2.42. The number of para-hydroxylation sites is 2. The van der Waals surface area contributed by atoms with E-state index in [1.807, 2.05) is 0 Å². The van der Waals surface area contributed by atoms with E-state index in [4.69, 9.17) is 26.6 Å². The summed E-state index contributed by atoms with van der Waals surface area (Å²) in [6.07, 6.45) is 0. The van der Waals surface area contributed by atoms with Gasteiger partial charge in [-0.05, 0) is 30.7 Å². The van der Waals surface area contributed by atoms with Crippen molar-refractivity contribution in [2.45, 2.75) is 6.92 Å². The fourth-order valence-corrected chi connectivity index (χ4v) is 1.53. The number of halogens is 1. The number of carboxylic acids is 1. The number of nitrogens with zero attached hydrogens (tertiary/aromatic N) is 1. The van der Waals surface area contributed by atoms with Crippen molar-refractivity contribution in [1.82, 2.24) is 0 Å². The zero-order chi connectivity index (χ0) is 15.3. The number of carbonyl (C=O) groups is 2. The molecule has 0 aliphatic rings. The molecule has 0 aliphatic heterocycles. The minimum Gasteiger partial charge on any atom is -0.498 e. The third-order valence-corrected chi connectivity index (χ3v) is 2.80. The number of aliphatic hydroxyl groups is 1. The Balaban J connectivity index is 3.04. The summed E-state index contributed by atoms with van der Waals surface area (Å²) in [5.74, 6) is -1.40. The Labute approximate surface area is 120 Å². The summed E-state index contributed by atoms with van der Waals surface area (Å²) >= 11 is 5.38. The molecule has 20 heavy (non-hydrogen) atoms. The van der Waals surface area contributed by atoms with Gasteiger partial charge in [-0.3, -0.25) is 4.79 Å². The maximum absolute atomic E-state index is 12.0. The van der Waals surface area contributed by atoms with Crippen LogP contribution in [0.4, 0.5) is 5.69 Å². The number of aliphatic hydroxyl groups excluding tert-OH is 1. The zero-order valence-electron chi connectivity index (χ0n) is 11.0. The first kappa shape index (κ1) is 15.8. The van der Waals surface area contributed by atoms with Crippen LogP contribution in [0.3, 0.4) is 0 Å². The van der Waals surface area contributed by atoms with E-state index in [0.717, 1.165) is 0 Å². The van der Waals surface area contributed by atoms with Gasteiger partial charge in [-0.2, -0.15) is 0 Å². The molecule has 7 heteroatoms. The third-order valence-electron chi connectivity index (χ3n) is 2.51. The van der Waals surface area contributed by atoms with Gasteiger partial charge in [0.05, 0.1) is 11.3 Å². The molecule has 0 aliphatic carbocycles. The van der Waals surface area contributed by atoms with Crippen molar-refractivity contribution in [3.63, 3.8) is 0 Å². The van der Waals surface area contributed by atoms with Gasteiger partial charge in [0.25, 0.3) is 5.91 Å². The van der Waals surface area contributed by atoms with Gasteiger partial charge in [-0.25, -0.2) is 4.79 Å². The number of rotatable bonds is 5. The van der Waals surface area contributed by atoms with Gasteiger partial charge in [0.1, 0.15) is 5.75 Å². The van der Waals surface area contributed by atoms with Crippen LogP contribution in [0, 0.1) is 0 Å². The summed E-state index contributed by atoms with van der Waals surface area (Å²) in [5.41, 5.74) is 0.346. The maximum Gasteiger partial charge on any atom is 0.341 e. The van der Waals surface area contributed by atoms with Crippen molar-refractivity contribution in [1.29, 1.82) is 0 Å². The second-order valence-electron chi connectivity index (χ2n) is 3.93. The van der Waals surface area contributed by atoms with Crippen LogP contribution in [0.25, 0.3) is 0 Å². The molecule has 0 bridgehead atoms. The van der Waals surface area contributed by atoms with Crippen LogP contribution in [0.5, 0.6) is 5.75 Å². The molecule has 0 saturated heterocycles. The zero-order valence-corrected chi connectivity index (χ0v) is 11.7. The number of hydrogen-bond donors (Lipinski definition) is 2. The van der Waals surface area contributed by atoms with Crippen LogP contribution in [0.2, 0.25) is 0 Å². The Kier molecular flexibility index (Phi) is 5.40. The van der Waals surface area contributed by atoms with E-state index in [-0.39, 0.29) is 11.3 Å². The first-order valence-electron chi connectivity index (χ1n) is 5.61. The van der Waals surface area contributed by atoms with E-state index >= 15 is 0 Å². The maximum atomic E-state index is 12.0. The van der Waals surface area contributed by atoms with Crippen molar-refractivity contribution < 1.29 is 24.5 Å². The molecule has 0 heterocycles. The number of hydrogen-bond acceptors (Lipinski definition) is 4. The van der Waals surface area contributed by atoms with E-state index in [2.05, 4.69) is 0 Å². The predicted octanol–water partition coefficient (Wildman–Crippen LogP) is 2.14. The molecule has 0 unspecified atom stereocenters. The third kappa shape index (κ3) is 3.89. The lowest BCUT2D eigenvalue weighted by Crippen LogP contribution is -2.28. The number of amides is 1. The molecule has 2 N–H and O–H groups in total. The Bertz CT molecular complexity index is 551. The van der Waals surface area contributed by atoms with Gasteiger partial charge in [-0.15, -0.1) is 0 Å². The molecule has 1 aromatic carbocycles. The molecule has 0 fully saturated rings. The van der Waals surface area contributed by atoms with Crippen LogP contribution in [-0.4, -0.2) is 35.7 Å². The molecule has 1 rings (SSSR count). The molecule has 6 nitrogen and oxygen atoms in total. The monoisotopic (exact) mass is 299 g/mol. The quantitative estimate of drug-likeness (QED) is 0.642. The number of aliphatic carboxylic acids is 1. The van der Waals surface area contributed by atoms with Gasteiger partial charge in [0.2, 0.25) is 0 Å². The van der Waals surface area contributed by atoms with Gasteiger partial charge in [0.15, 0.2) is 11.8 Å². The Morgan fingerprint density at radius 1 is 1.30 bits per heavy atom. The predicted molar refractivity (Wildman–Crippen MR) is 74.2 cm³/mol. The molecule has 0 spiro atoms. The fraction of sp³-hybridized carbons (Fsp3) is 0.231. The molecular formula is C13H14ClNO5. The van der Waals surface area contributed by atoms with Crippen LogP contribution in [-0.2, 0) is 9.59 Å². The van der Waals surface area contributed by atoms with Crippen LogP contribution >= 0.6 is 11.6 Å². The fourth-order valence-electron chi connectivity index (χ4n) is 1.44. The van der Waals surface area contributed by atoms with E-state index in [1.54, 1.807) is 24.3 Å². The van der Waals surface area contributed by atoms with E-state index in [9.17, 15) is 9.59 Å². The largest absolute Gasteiger partial charge is 0.498 e. The molecule has 108 valence electrons. The number of benzene rings is 1. The van der Waals surface area contributed by atoms with Crippen LogP contribution < -0.4 is 9.64 Å². The number of anilines is 1. The Hall–Kier alpha value is -2.21. The highest BCUT2D eigenvalue weighted by Gasteiger charge is 2.19. The molecule has 0 radical (unpaired) electrons. The molecule has 1 amide bonds. The normalized spacial score (nSPS) is 11.6. The Morgan fingerprint density at radius 2 is 1.90 bits per heavy atom. The summed E-state index contributed by atoms with van der Waals surface area (Å²) in [6, 6.07) is 6.46. The van der Waals surface area contributed by atoms with Crippen LogP contribution in [0.15, 0.2) is 35.1 Å². The van der Waals surface area contributed by atoms with Crippen molar-refractivity contribution in [3.8, 4) is 5.75 Å². The lowest BCUT2D eigenvalue weighted by atomic mass is 10.2.